The number of hydrogen-bond donors (Lipinski definition) is 0. The fraction of sp³-hybridized carbons (Fsp3) is 1.00. The molecule has 0 aromatic rings. The first kappa shape index (κ1) is 13.8. The van der Waals surface area contributed by atoms with Crippen molar-refractivity contribution in [3.63, 3.8) is 0 Å². The summed E-state index contributed by atoms with van der Waals surface area (Å²) >= 11 is 0. The molecular formula is C12H21NO4S. The van der Waals surface area contributed by atoms with Crippen molar-refractivity contribution < 1.29 is 13.3 Å². The lowest BCUT2D eigenvalue weighted by Crippen LogP contribution is -2.46. The lowest BCUT2D eigenvalue weighted by Gasteiger charge is -2.30. The number of hydrogen-bond acceptors (Lipinski definition) is 4. The lowest BCUT2D eigenvalue weighted by atomic mass is 9.95. The molecular weight excluding hydrogens is 254 g/mol. The van der Waals surface area contributed by atoms with Crippen LogP contribution in [0.25, 0.3) is 0 Å². The minimum absolute atomic E-state index is 0.322. The van der Waals surface area contributed by atoms with Crippen molar-refractivity contribution in [1.29, 1.82) is 0 Å². The van der Waals surface area contributed by atoms with Gasteiger partial charge in [-0.2, -0.15) is 0 Å². The van der Waals surface area contributed by atoms with E-state index in [0.717, 1.165) is 32.1 Å². The second-order valence-corrected chi connectivity index (χ2v) is 7.97. The number of sulfone groups is 1. The zero-order valence-electron chi connectivity index (χ0n) is 10.6. The molecule has 104 valence electrons. The summed E-state index contributed by atoms with van der Waals surface area (Å²) in [4.78, 5) is 10.7. The summed E-state index contributed by atoms with van der Waals surface area (Å²) < 4.78 is 25.1. The largest absolute Gasteiger partial charge is 0.264 e. The van der Waals surface area contributed by atoms with Crippen LogP contribution in [0.5, 0.6) is 0 Å². The van der Waals surface area contributed by atoms with E-state index in [4.69, 9.17) is 0 Å². The maximum atomic E-state index is 12.6. The fourth-order valence-corrected chi connectivity index (χ4v) is 6.00. The van der Waals surface area contributed by atoms with E-state index in [1.165, 1.54) is 0 Å². The third kappa shape index (κ3) is 2.68. The molecule has 2 rings (SSSR count). The molecule has 2 unspecified atom stereocenters. The zero-order valence-corrected chi connectivity index (χ0v) is 11.4. The topological polar surface area (TPSA) is 77.3 Å². The number of nitro groups is 1. The van der Waals surface area contributed by atoms with Crippen LogP contribution in [-0.4, -0.2) is 29.9 Å². The van der Waals surface area contributed by atoms with Crippen LogP contribution in [0.3, 0.4) is 0 Å². The quantitative estimate of drug-likeness (QED) is 0.585. The van der Waals surface area contributed by atoms with E-state index >= 15 is 0 Å². The smallest absolute Gasteiger partial charge is 0.229 e. The summed E-state index contributed by atoms with van der Waals surface area (Å²) in [5.74, 6) is 0. The summed E-state index contributed by atoms with van der Waals surface area (Å²) in [6, 6.07) is -0.870. The van der Waals surface area contributed by atoms with Crippen molar-refractivity contribution >= 4 is 9.84 Å². The van der Waals surface area contributed by atoms with Gasteiger partial charge in [-0.05, 0) is 25.7 Å². The summed E-state index contributed by atoms with van der Waals surface area (Å²) in [5, 5.41) is 9.98. The van der Waals surface area contributed by atoms with Crippen LogP contribution in [0.1, 0.15) is 57.8 Å². The third-order valence-corrected chi connectivity index (χ3v) is 7.17. The molecule has 0 N–H and O–H groups in total. The molecule has 0 spiro atoms. The van der Waals surface area contributed by atoms with Crippen LogP contribution in [0.4, 0.5) is 0 Å². The van der Waals surface area contributed by atoms with Gasteiger partial charge >= 0.3 is 0 Å². The summed E-state index contributed by atoms with van der Waals surface area (Å²) in [5.41, 5.74) is 0. The van der Waals surface area contributed by atoms with Gasteiger partial charge in [0, 0.05) is 11.3 Å². The molecule has 0 heterocycles. The van der Waals surface area contributed by atoms with Crippen LogP contribution >= 0.6 is 0 Å². The van der Waals surface area contributed by atoms with E-state index in [1.807, 2.05) is 0 Å². The summed E-state index contributed by atoms with van der Waals surface area (Å²) in [6.07, 6.45) is 6.86. The third-order valence-electron chi connectivity index (χ3n) is 4.38. The Hall–Kier alpha value is -0.650. The van der Waals surface area contributed by atoms with Crippen molar-refractivity contribution in [2.75, 3.05) is 0 Å². The predicted octanol–water partition coefficient (Wildman–Crippen LogP) is 2.32. The highest BCUT2D eigenvalue weighted by atomic mass is 32.2. The summed E-state index contributed by atoms with van der Waals surface area (Å²) in [6.45, 7) is 0. The Morgan fingerprint density at radius 3 is 2.06 bits per heavy atom. The average molecular weight is 275 g/mol. The Labute approximate surface area is 108 Å². The Morgan fingerprint density at radius 2 is 1.44 bits per heavy atom. The van der Waals surface area contributed by atoms with E-state index in [1.54, 1.807) is 0 Å². The highest BCUT2D eigenvalue weighted by molar-refractivity contribution is 7.92. The Morgan fingerprint density at radius 1 is 0.889 bits per heavy atom. The molecule has 6 heteroatoms. The van der Waals surface area contributed by atoms with Crippen molar-refractivity contribution in [3.8, 4) is 0 Å². The van der Waals surface area contributed by atoms with E-state index < -0.39 is 21.1 Å². The molecule has 0 aliphatic heterocycles. The fourth-order valence-electron chi connectivity index (χ4n) is 3.34. The Balaban J connectivity index is 2.18. The minimum atomic E-state index is -3.32. The van der Waals surface area contributed by atoms with Gasteiger partial charge in [-0.25, -0.2) is 8.42 Å². The van der Waals surface area contributed by atoms with E-state index in [-0.39, 0.29) is 10.2 Å². The first-order valence-corrected chi connectivity index (χ1v) is 8.50. The van der Waals surface area contributed by atoms with Gasteiger partial charge in [0.15, 0.2) is 9.84 Å². The van der Waals surface area contributed by atoms with Gasteiger partial charge in [0.1, 0.15) is 5.25 Å². The molecule has 2 fully saturated rings. The second kappa shape index (κ2) is 5.55. The second-order valence-electron chi connectivity index (χ2n) is 5.52. The SMILES string of the molecule is O=[N+]([O-])C1CCCCC1S(=O)(=O)C1CCCCC1. The molecule has 18 heavy (non-hydrogen) atoms. The molecule has 0 bridgehead atoms. The van der Waals surface area contributed by atoms with E-state index in [2.05, 4.69) is 0 Å². The van der Waals surface area contributed by atoms with Crippen LogP contribution in [0, 0.1) is 10.1 Å². The van der Waals surface area contributed by atoms with Gasteiger partial charge in [0.05, 0.1) is 5.25 Å². The maximum absolute atomic E-state index is 12.6. The van der Waals surface area contributed by atoms with Crippen molar-refractivity contribution in [3.05, 3.63) is 10.1 Å². The van der Waals surface area contributed by atoms with Crippen LogP contribution < -0.4 is 0 Å². The lowest BCUT2D eigenvalue weighted by molar-refractivity contribution is -0.524. The van der Waals surface area contributed by atoms with Crippen molar-refractivity contribution in [2.24, 2.45) is 0 Å². The van der Waals surface area contributed by atoms with Gasteiger partial charge in [-0.1, -0.05) is 25.7 Å². The predicted molar refractivity (Wildman–Crippen MR) is 68.8 cm³/mol. The Kier molecular flexibility index (Phi) is 4.25. The normalized spacial score (nSPS) is 31.1. The van der Waals surface area contributed by atoms with Crippen LogP contribution in [0.2, 0.25) is 0 Å². The monoisotopic (exact) mass is 275 g/mol. The summed E-state index contributed by atoms with van der Waals surface area (Å²) in [7, 11) is -3.32. The first-order valence-electron chi connectivity index (χ1n) is 6.89. The molecule has 0 amide bonds. The molecule has 5 nitrogen and oxygen atoms in total. The number of rotatable bonds is 3. The minimum Gasteiger partial charge on any atom is -0.264 e. The van der Waals surface area contributed by atoms with Crippen molar-refractivity contribution in [2.45, 2.75) is 74.3 Å². The first-order chi connectivity index (χ1) is 8.53. The highest BCUT2D eigenvalue weighted by Crippen LogP contribution is 2.33. The standard InChI is InChI=1S/C12H21NO4S/c14-13(15)11-8-4-5-9-12(11)18(16,17)10-6-2-1-3-7-10/h10-12H,1-9H2. The van der Waals surface area contributed by atoms with E-state index in [9.17, 15) is 18.5 Å². The van der Waals surface area contributed by atoms with E-state index in [0.29, 0.717) is 25.7 Å². The molecule has 0 saturated heterocycles. The highest BCUT2D eigenvalue weighted by Gasteiger charge is 2.46. The molecule has 0 radical (unpaired) electrons. The molecule has 2 atom stereocenters. The molecule has 0 aromatic carbocycles. The van der Waals surface area contributed by atoms with Gasteiger partial charge in [0.2, 0.25) is 6.04 Å². The van der Waals surface area contributed by atoms with Crippen LogP contribution in [-0.2, 0) is 9.84 Å². The maximum Gasteiger partial charge on any atom is 0.229 e. The molecule has 0 aromatic heterocycles. The average Bonchev–Trinajstić information content (AvgIpc) is 2.39. The molecule has 2 aliphatic carbocycles. The van der Waals surface area contributed by atoms with Crippen LogP contribution in [0.15, 0.2) is 0 Å². The number of nitrogens with zero attached hydrogens (tertiary/aromatic N) is 1. The zero-order chi connectivity index (χ0) is 13.2. The van der Waals surface area contributed by atoms with Crippen molar-refractivity contribution in [1.82, 2.24) is 0 Å². The van der Waals surface area contributed by atoms with Gasteiger partial charge in [0.25, 0.3) is 0 Å². The van der Waals surface area contributed by atoms with Gasteiger partial charge < -0.3 is 0 Å². The Bertz CT molecular complexity index is 400. The molecule has 2 aliphatic rings. The molecule has 2 saturated carbocycles. The van der Waals surface area contributed by atoms with Gasteiger partial charge in [-0.3, -0.25) is 10.1 Å². The van der Waals surface area contributed by atoms with Gasteiger partial charge in [-0.15, -0.1) is 0 Å².